The minimum absolute atomic E-state index is 0.596. The SMILES string of the molecule is Nc1ccc(NCc2nccs2)cc1N. The lowest BCUT2D eigenvalue weighted by Gasteiger charge is -2.06. The minimum atomic E-state index is 0.596. The van der Waals surface area contributed by atoms with Crippen molar-refractivity contribution >= 4 is 28.4 Å². The zero-order valence-corrected chi connectivity index (χ0v) is 8.92. The van der Waals surface area contributed by atoms with Crippen LogP contribution in [0.25, 0.3) is 0 Å². The summed E-state index contributed by atoms with van der Waals surface area (Å²) in [7, 11) is 0. The van der Waals surface area contributed by atoms with Crippen LogP contribution in [0, 0.1) is 0 Å². The largest absolute Gasteiger partial charge is 0.397 e. The molecule has 5 N–H and O–H groups in total. The molecule has 0 saturated carbocycles. The van der Waals surface area contributed by atoms with Gasteiger partial charge in [0.15, 0.2) is 0 Å². The van der Waals surface area contributed by atoms with Gasteiger partial charge in [0, 0.05) is 17.3 Å². The zero-order chi connectivity index (χ0) is 10.7. The smallest absolute Gasteiger partial charge is 0.112 e. The van der Waals surface area contributed by atoms with Crippen LogP contribution in [0.4, 0.5) is 17.1 Å². The van der Waals surface area contributed by atoms with Gasteiger partial charge in [-0.15, -0.1) is 11.3 Å². The van der Waals surface area contributed by atoms with Crippen molar-refractivity contribution in [2.75, 3.05) is 16.8 Å². The van der Waals surface area contributed by atoms with Crippen LogP contribution in [0.15, 0.2) is 29.8 Å². The van der Waals surface area contributed by atoms with E-state index in [2.05, 4.69) is 10.3 Å². The number of thiazole rings is 1. The molecule has 2 rings (SSSR count). The number of nitrogen functional groups attached to an aromatic ring is 2. The number of hydrogen-bond acceptors (Lipinski definition) is 5. The van der Waals surface area contributed by atoms with Gasteiger partial charge in [0.1, 0.15) is 5.01 Å². The van der Waals surface area contributed by atoms with Gasteiger partial charge in [-0.2, -0.15) is 0 Å². The molecule has 0 fully saturated rings. The summed E-state index contributed by atoms with van der Waals surface area (Å²) in [5.41, 5.74) is 13.5. The van der Waals surface area contributed by atoms with E-state index >= 15 is 0 Å². The van der Waals surface area contributed by atoms with Gasteiger partial charge in [-0.1, -0.05) is 0 Å². The number of anilines is 3. The van der Waals surface area contributed by atoms with E-state index in [0.29, 0.717) is 17.9 Å². The molecule has 78 valence electrons. The van der Waals surface area contributed by atoms with E-state index in [9.17, 15) is 0 Å². The van der Waals surface area contributed by atoms with Crippen molar-refractivity contribution in [2.24, 2.45) is 0 Å². The van der Waals surface area contributed by atoms with Crippen LogP contribution < -0.4 is 16.8 Å². The molecule has 1 heterocycles. The third kappa shape index (κ3) is 2.38. The van der Waals surface area contributed by atoms with Gasteiger partial charge < -0.3 is 16.8 Å². The van der Waals surface area contributed by atoms with Crippen molar-refractivity contribution in [3.8, 4) is 0 Å². The van der Waals surface area contributed by atoms with Crippen molar-refractivity contribution in [3.05, 3.63) is 34.8 Å². The second-order valence-electron chi connectivity index (χ2n) is 3.12. The first kappa shape index (κ1) is 9.79. The predicted octanol–water partition coefficient (Wildman–Crippen LogP) is 1.92. The van der Waals surface area contributed by atoms with Crippen LogP contribution in [0.2, 0.25) is 0 Å². The summed E-state index contributed by atoms with van der Waals surface area (Å²) in [6.45, 7) is 0.709. The standard InChI is InChI=1S/C10H12N4S/c11-8-2-1-7(5-9(8)12)14-6-10-13-3-4-15-10/h1-5,14H,6,11-12H2. The highest BCUT2D eigenvalue weighted by Crippen LogP contribution is 2.20. The summed E-state index contributed by atoms with van der Waals surface area (Å²) >= 11 is 1.62. The second kappa shape index (κ2) is 4.18. The summed E-state index contributed by atoms with van der Waals surface area (Å²) in [5, 5.41) is 6.23. The summed E-state index contributed by atoms with van der Waals surface area (Å²) in [6.07, 6.45) is 1.79. The van der Waals surface area contributed by atoms with E-state index in [1.165, 1.54) is 0 Å². The molecule has 2 aromatic rings. The lowest BCUT2D eigenvalue weighted by atomic mass is 10.2. The van der Waals surface area contributed by atoms with E-state index in [0.717, 1.165) is 10.7 Å². The maximum Gasteiger partial charge on any atom is 0.112 e. The normalized spacial score (nSPS) is 10.1. The number of nitrogens with two attached hydrogens (primary N) is 2. The fourth-order valence-electron chi connectivity index (χ4n) is 1.20. The number of rotatable bonds is 3. The monoisotopic (exact) mass is 220 g/mol. The zero-order valence-electron chi connectivity index (χ0n) is 8.10. The Bertz CT molecular complexity index is 439. The van der Waals surface area contributed by atoms with Crippen LogP contribution in [0.1, 0.15) is 5.01 Å². The summed E-state index contributed by atoms with van der Waals surface area (Å²) in [4.78, 5) is 4.17. The lowest BCUT2D eigenvalue weighted by molar-refractivity contribution is 1.10. The molecule has 0 radical (unpaired) electrons. The third-order valence-corrected chi connectivity index (χ3v) is 2.79. The minimum Gasteiger partial charge on any atom is -0.397 e. The third-order valence-electron chi connectivity index (χ3n) is 2.01. The molecule has 0 aliphatic heterocycles. The molecule has 15 heavy (non-hydrogen) atoms. The van der Waals surface area contributed by atoms with Crippen LogP contribution in [0.3, 0.4) is 0 Å². The van der Waals surface area contributed by atoms with Crippen molar-refractivity contribution in [2.45, 2.75) is 6.54 Å². The van der Waals surface area contributed by atoms with E-state index in [1.807, 2.05) is 17.5 Å². The number of hydrogen-bond donors (Lipinski definition) is 3. The van der Waals surface area contributed by atoms with E-state index in [-0.39, 0.29) is 0 Å². The molecule has 0 atom stereocenters. The maximum atomic E-state index is 5.69. The Morgan fingerprint density at radius 2 is 2.13 bits per heavy atom. The van der Waals surface area contributed by atoms with Crippen LogP contribution >= 0.6 is 11.3 Å². The predicted molar refractivity (Wildman–Crippen MR) is 64.7 cm³/mol. The topological polar surface area (TPSA) is 77.0 Å². The van der Waals surface area contributed by atoms with Crippen LogP contribution in [-0.2, 0) is 6.54 Å². The van der Waals surface area contributed by atoms with Crippen LogP contribution in [-0.4, -0.2) is 4.98 Å². The van der Waals surface area contributed by atoms with Crippen molar-refractivity contribution in [1.82, 2.24) is 4.98 Å². The maximum absolute atomic E-state index is 5.69. The first-order valence-electron chi connectivity index (χ1n) is 4.53. The molecule has 0 saturated heterocycles. The van der Waals surface area contributed by atoms with Crippen LogP contribution in [0.5, 0.6) is 0 Å². The Morgan fingerprint density at radius 1 is 1.27 bits per heavy atom. The highest BCUT2D eigenvalue weighted by atomic mass is 32.1. The molecular weight excluding hydrogens is 208 g/mol. The molecule has 1 aromatic heterocycles. The molecule has 0 bridgehead atoms. The Morgan fingerprint density at radius 3 is 2.80 bits per heavy atom. The molecule has 0 spiro atoms. The first-order valence-corrected chi connectivity index (χ1v) is 5.41. The van der Waals surface area contributed by atoms with Crippen molar-refractivity contribution in [1.29, 1.82) is 0 Å². The lowest BCUT2D eigenvalue weighted by Crippen LogP contribution is -2.01. The van der Waals surface area contributed by atoms with E-state index in [1.54, 1.807) is 23.6 Å². The van der Waals surface area contributed by atoms with Gasteiger partial charge in [-0.25, -0.2) is 4.98 Å². The molecule has 4 nitrogen and oxygen atoms in total. The molecule has 0 aliphatic carbocycles. The van der Waals surface area contributed by atoms with E-state index in [4.69, 9.17) is 11.5 Å². The average Bonchev–Trinajstić information content (AvgIpc) is 2.73. The number of nitrogens with one attached hydrogen (secondary N) is 1. The molecule has 1 aromatic carbocycles. The number of benzene rings is 1. The fourth-order valence-corrected chi connectivity index (χ4v) is 1.76. The van der Waals surface area contributed by atoms with Crippen molar-refractivity contribution < 1.29 is 0 Å². The van der Waals surface area contributed by atoms with Gasteiger partial charge in [0.2, 0.25) is 0 Å². The summed E-state index contributed by atoms with van der Waals surface area (Å²) < 4.78 is 0. The van der Waals surface area contributed by atoms with Gasteiger partial charge >= 0.3 is 0 Å². The highest BCUT2D eigenvalue weighted by Gasteiger charge is 1.98. The second-order valence-corrected chi connectivity index (χ2v) is 4.10. The Hall–Kier alpha value is -1.75. The first-order chi connectivity index (χ1) is 7.25. The van der Waals surface area contributed by atoms with Crippen molar-refractivity contribution in [3.63, 3.8) is 0 Å². The van der Waals surface area contributed by atoms with Gasteiger partial charge in [0.05, 0.1) is 17.9 Å². The quantitative estimate of drug-likeness (QED) is 0.691. The summed E-state index contributed by atoms with van der Waals surface area (Å²) in [6, 6.07) is 5.52. The summed E-state index contributed by atoms with van der Waals surface area (Å²) in [5.74, 6) is 0. The molecular formula is C10H12N4S. The fraction of sp³-hybridized carbons (Fsp3) is 0.100. The molecule has 0 amide bonds. The number of nitrogens with zero attached hydrogens (tertiary/aromatic N) is 1. The average molecular weight is 220 g/mol. The Kier molecular flexibility index (Phi) is 2.73. The Labute approximate surface area is 91.9 Å². The molecule has 0 aliphatic rings. The van der Waals surface area contributed by atoms with Gasteiger partial charge in [0.25, 0.3) is 0 Å². The van der Waals surface area contributed by atoms with Gasteiger partial charge in [-0.3, -0.25) is 0 Å². The van der Waals surface area contributed by atoms with Gasteiger partial charge in [-0.05, 0) is 18.2 Å². The van der Waals surface area contributed by atoms with E-state index < -0.39 is 0 Å². The Balaban J connectivity index is 2.02. The highest BCUT2D eigenvalue weighted by molar-refractivity contribution is 7.09. The molecule has 5 heteroatoms. The number of aromatic nitrogens is 1. The molecule has 0 unspecified atom stereocenters.